The van der Waals surface area contributed by atoms with Crippen LogP contribution in [-0.4, -0.2) is 78.6 Å². The highest BCUT2D eigenvalue weighted by Gasteiger charge is 2.28. The van der Waals surface area contributed by atoms with Gasteiger partial charge in [-0.3, -0.25) is 9.59 Å². The number of nitrogens with one attached hydrogen (secondary N) is 2. The monoisotopic (exact) mass is 332 g/mol. The Morgan fingerprint density at radius 2 is 1.83 bits per heavy atom. The van der Waals surface area contributed by atoms with Crippen molar-refractivity contribution in [3.8, 4) is 0 Å². The first-order valence-electron chi connectivity index (χ1n) is 8.33. The first-order chi connectivity index (χ1) is 11.5. The van der Waals surface area contributed by atoms with Gasteiger partial charge in [0, 0.05) is 44.0 Å². The number of hydrogen-bond donors (Lipinski definition) is 3. The van der Waals surface area contributed by atoms with Gasteiger partial charge < -0.3 is 25.5 Å². The zero-order valence-corrected chi connectivity index (χ0v) is 13.9. The standard InChI is InChI=1S/C17H24N4O3/c1-20-6-8-21(9-7-20)17(24)12-2-4-13(5-3-12)19-16(23)15-10-14(22)11-18-15/h2-5,14-15,18,22H,6-11H2,1H3,(H,19,23). The van der Waals surface area contributed by atoms with Crippen LogP contribution in [0.4, 0.5) is 5.69 Å². The lowest BCUT2D eigenvalue weighted by atomic mass is 10.1. The van der Waals surface area contributed by atoms with Crippen LogP contribution in [0.15, 0.2) is 24.3 Å². The molecule has 0 radical (unpaired) electrons. The Hall–Kier alpha value is -1.96. The maximum atomic E-state index is 12.5. The number of aliphatic hydroxyl groups is 1. The molecule has 130 valence electrons. The van der Waals surface area contributed by atoms with Crippen molar-refractivity contribution < 1.29 is 14.7 Å². The van der Waals surface area contributed by atoms with Gasteiger partial charge in [-0.05, 0) is 37.7 Å². The molecule has 2 unspecified atom stereocenters. The fourth-order valence-corrected chi connectivity index (χ4v) is 3.03. The highest BCUT2D eigenvalue weighted by atomic mass is 16.3. The zero-order chi connectivity index (χ0) is 17.1. The van der Waals surface area contributed by atoms with Gasteiger partial charge in [-0.25, -0.2) is 0 Å². The number of piperazine rings is 1. The maximum Gasteiger partial charge on any atom is 0.253 e. The lowest BCUT2D eigenvalue weighted by molar-refractivity contribution is -0.117. The predicted octanol–water partition coefficient (Wildman–Crippen LogP) is -0.264. The van der Waals surface area contributed by atoms with Crippen molar-refractivity contribution in [3.63, 3.8) is 0 Å². The molecule has 0 spiro atoms. The predicted molar refractivity (Wildman–Crippen MR) is 90.9 cm³/mol. The molecule has 1 aromatic rings. The van der Waals surface area contributed by atoms with Crippen LogP contribution in [0.1, 0.15) is 16.8 Å². The summed E-state index contributed by atoms with van der Waals surface area (Å²) >= 11 is 0. The second-order valence-electron chi connectivity index (χ2n) is 6.51. The Morgan fingerprint density at radius 3 is 2.42 bits per heavy atom. The third-order valence-corrected chi connectivity index (χ3v) is 4.61. The molecule has 7 nitrogen and oxygen atoms in total. The van der Waals surface area contributed by atoms with E-state index in [4.69, 9.17) is 0 Å². The van der Waals surface area contributed by atoms with Crippen LogP contribution in [0, 0.1) is 0 Å². The van der Waals surface area contributed by atoms with Gasteiger partial charge in [0.1, 0.15) is 0 Å². The number of aliphatic hydroxyl groups excluding tert-OH is 1. The molecular weight excluding hydrogens is 308 g/mol. The van der Waals surface area contributed by atoms with Gasteiger partial charge in [-0.15, -0.1) is 0 Å². The molecule has 0 aliphatic carbocycles. The minimum atomic E-state index is -0.468. The smallest absolute Gasteiger partial charge is 0.253 e. The maximum absolute atomic E-state index is 12.5. The van der Waals surface area contributed by atoms with E-state index in [1.807, 2.05) is 4.90 Å². The Morgan fingerprint density at radius 1 is 1.17 bits per heavy atom. The molecule has 2 aliphatic heterocycles. The second-order valence-corrected chi connectivity index (χ2v) is 6.51. The molecule has 24 heavy (non-hydrogen) atoms. The van der Waals surface area contributed by atoms with Gasteiger partial charge in [-0.1, -0.05) is 0 Å². The van der Waals surface area contributed by atoms with Crippen LogP contribution in [0.2, 0.25) is 0 Å². The summed E-state index contributed by atoms with van der Waals surface area (Å²) in [6, 6.07) is 6.60. The molecule has 2 atom stereocenters. The quantitative estimate of drug-likeness (QED) is 0.710. The normalized spacial score (nSPS) is 24.8. The van der Waals surface area contributed by atoms with Crippen molar-refractivity contribution in [2.24, 2.45) is 0 Å². The molecule has 1 aromatic carbocycles. The molecule has 2 saturated heterocycles. The van der Waals surface area contributed by atoms with E-state index in [-0.39, 0.29) is 17.9 Å². The van der Waals surface area contributed by atoms with Gasteiger partial charge in [-0.2, -0.15) is 0 Å². The van der Waals surface area contributed by atoms with E-state index in [0.29, 0.717) is 24.2 Å². The number of hydrogen-bond acceptors (Lipinski definition) is 5. The number of anilines is 1. The molecule has 3 N–H and O–H groups in total. The Balaban J connectivity index is 1.57. The van der Waals surface area contributed by atoms with Gasteiger partial charge in [0.05, 0.1) is 12.1 Å². The third-order valence-electron chi connectivity index (χ3n) is 4.61. The first-order valence-corrected chi connectivity index (χ1v) is 8.33. The number of carbonyl (C=O) groups excluding carboxylic acids is 2. The first kappa shape index (κ1) is 16.9. The molecule has 0 aromatic heterocycles. The van der Waals surface area contributed by atoms with Crippen LogP contribution < -0.4 is 10.6 Å². The van der Waals surface area contributed by atoms with Crippen molar-refractivity contribution in [1.29, 1.82) is 0 Å². The number of rotatable bonds is 3. The van der Waals surface area contributed by atoms with E-state index in [0.717, 1.165) is 26.2 Å². The summed E-state index contributed by atoms with van der Waals surface area (Å²) in [6.45, 7) is 3.70. The summed E-state index contributed by atoms with van der Waals surface area (Å²) in [7, 11) is 2.05. The van der Waals surface area contributed by atoms with Crippen LogP contribution in [-0.2, 0) is 4.79 Å². The molecule has 0 bridgehead atoms. The van der Waals surface area contributed by atoms with E-state index in [1.165, 1.54) is 0 Å². The number of β-amino-alcohol motifs (C(OH)–C–C–N with tert-alkyl or cyclic N) is 1. The molecule has 2 aliphatic rings. The molecule has 2 fully saturated rings. The van der Waals surface area contributed by atoms with Crippen molar-refractivity contribution in [1.82, 2.24) is 15.1 Å². The van der Waals surface area contributed by atoms with E-state index in [2.05, 4.69) is 22.6 Å². The molecular formula is C17H24N4O3. The van der Waals surface area contributed by atoms with Crippen LogP contribution in [0.5, 0.6) is 0 Å². The highest BCUT2D eigenvalue weighted by Crippen LogP contribution is 2.15. The summed E-state index contributed by atoms with van der Waals surface area (Å²) in [6.07, 6.45) is -0.0458. The van der Waals surface area contributed by atoms with Crippen molar-refractivity contribution in [2.45, 2.75) is 18.6 Å². The molecule has 2 amide bonds. The van der Waals surface area contributed by atoms with E-state index in [9.17, 15) is 14.7 Å². The summed E-state index contributed by atoms with van der Waals surface area (Å²) < 4.78 is 0. The van der Waals surface area contributed by atoms with Crippen molar-refractivity contribution in [2.75, 3.05) is 45.1 Å². The van der Waals surface area contributed by atoms with Gasteiger partial charge in [0.15, 0.2) is 0 Å². The van der Waals surface area contributed by atoms with Crippen LogP contribution >= 0.6 is 0 Å². The fourth-order valence-electron chi connectivity index (χ4n) is 3.03. The summed E-state index contributed by atoms with van der Waals surface area (Å²) in [5.74, 6) is -0.133. The summed E-state index contributed by atoms with van der Waals surface area (Å²) in [5.41, 5.74) is 1.28. The Labute approximate surface area is 141 Å². The molecule has 0 saturated carbocycles. The average molecular weight is 332 g/mol. The highest BCUT2D eigenvalue weighted by molar-refractivity contribution is 5.97. The topological polar surface area (TPSA) is 84.9 Å². The lowest BCUT2D eigenvalue weighted by Crippen LogP contribution is -2.47. The molecule has 7 heteroatoms. The third kappa shape index (κ3) is 3.92. The van der Waals surface area contributed by atoms with Crippen molar-refractivity contribution >= 4 is 17.5 Å². The molecule has 2 heterocycles. The largest absolute Gasteiger partial charge is 0.392 e. The van der Waals surface area contributed by atoms with E-state index in [1.54, 1.807) is 24.3 Å². The Bertz CT molecular complexity index is 596. The van der Waals surface area contributed by atoms with Gasteiger partial charge >= 0.3 is 0 Å². The number of benzene rings is 1. The number of carbonyl (C=O) groups is 2. The fraction of sp³-hybridized carbons (Fsp3) is 0.529. The SMILES string of the molecule is CN1CCN(C(=O)c2ccc(NC(=O)C3CC(O)CN3)cc2)CC1. The number of likely N-dealkylation sites (N-methyl/N-ethyl adjacent to an activating group) is 1. The van der Waals surface area contributed by atoms with Crippen molar-refractivity contribution in [3.05, 3.63) is 29.8 Å². The minimum Gasteiger partial charge on any atom is -0.392 e. The van der Waals surface area contributed by atoms with Crippen LogP contribution in [0.3, 0.4) is 0 Å². The number of nitrogens with zero attached hydrogens (tertiary/aromatic N) is 2. The summed E-state index contributed by atoms with van der Waals surface area (Å²) in [5, 5.41) is 15.3. The van der Waals surface area contributed by atoms with Crippen LogP contribution in [0.25, 0.3) is 0 Å². The summed E-state index contributed by atoms with van der Waals surface area (Å²) in [4.78, 5) is 28.6. The van der Waals surface area contributed by atoms with E-state index < -0.39 is 6.10 Å². The van der Waals surface area contributed by atoms with Gasteiger partial charge in [0.2, 0.25) is 5.91 Å². The Kier molecular flexibility index (Phi) is 5.13. The second kappa shape index (κ2) is 7.29. The molecule has 3 rings (SSSR count). The number of amides is 2. The zero-order valence-electron chi connectivity index (χ0n) is 13.9. The van der Waals surface area contributed by atoms with Gasteiger partial charge in [0.25, 0.3) is 5.91 Å². The minimum absolute atomic E-state index is 0.0292. The van der Waals surface area contributed by atoms with E-state index >= 15 is 0 Å². The average Bonchev–Trinajstić information content (AvgIpc) is 3.02. The lowest BCUT2D eigenvalue weighted by Gasteiger charge is -2.32.